The molecule has 0 saturated heterocycles. The van der Waals surface area contributed by atoms with Crippen LogP contribution in [-0.2, 0) is 12.7 Å². The molecule has 0 saturated carbocycles. The number of nitrogens with one attached hydrogen (secondary N) is 1. The molecule has 0 amide bonds. The van der Waals surface area contributed by atoms with Crippen LogP contribution in [0.2, 0.25) is 5.02 Å². The fourth-order valence-corrected chi connectivity index (χ4v) is 2.01. The second-order valence-electron chi connectivity index (χ2n) is 5.18. The Morgan fingerprint density at radius 1 is 1.12 bits per heavy atom. The van der Waals surface area contributed by atoms with Crippen molar-refractivity contribution in [2.24, 2.45) is 5.73 Å². The van der Waals surface area contributed by atoms with Crippen molar-refractivity contribution in [3.8, 4) is 5.75 Å². The molecule has 0 fully saturated rings. The Kier molecular flexibility index (Phi) is 9.34. The van der Waals surface area contributed by atoms with Crippen LogP contribution < -0.4 is 15.8 Å². The molecule has 0 atom stereocenters. The highest BCUT2D eigenvalue weighted by molar-refractivity contribution is 6.30. The standard InChI is InChI=1S/C11H15F3N2.C7H7ClO/c12-11(13,14)10-4-1-3-9(7-10)8-16-6-2-5-15;1-9-7-4-2-6(8)3-5-7/h1,3-4,7,16H,2,5-6,8,15H2;2-5H,1H3. The zero-order valence-corrected chi connectivity index (χ0v) is 14.7. The van der Waals surface area contributed by atoms with Crippen LogP contribution in [0.5, 0.6) is 5.75 Å². The summed E-state index contributed by atoms with van der Waals surface area (Å²) in [6, 6.07) is 12.6. The molecule has 2 aromatic carbocycles. The van der Waals surface area contributed by atoms with Crippen LogP contribution in [0, 0.1) is 0 Å². The summed E-state index contributed by atoms with van der Waals surface area (Å²) in [6.45, 7) is 1.73. The molecule has 2 rings (SSSR count). The molecule has 138 valence electrons. The summed E-state index contributed by atoms with van der Waals surface area (Å²) < 4.78 is 42.0. The molecule has 0 aliphatic rings. The van der Waals surface area contributed by atoms with E-state index in [2.05, 4.69) is 5.32 Å². The minimum atomic E-state index is -4.27. The third kappa shape index (κ3) is 8.77. The first-order chi connectivity index (χ1) is 11.9. The summed E-state index contributed by atoms with van der Waals surface area (Å²) in [5.41, 5.74) is 5.33. The molecule has 0 aromatic heterocycles. The van der Waals surface area contributed by atoms with E-state index in [1.807, 2.05) is 12.1 Å². The quantitative estimate of drug-likeness (QED) is 0.732. The number of nitrogens with two attached hydrogens (primary N) is 1. The average molecular weight is 375 g/mol. The molecule has 3 nitrogen and oxygen atoms in total. The number of alkyl halides is 3. The lowest BCUT2D eigenvalue weighted by molar-refractivity contribution is -0.137. The molecule has 0 bridgehead atoms. The second kappa shape index (κ2) is 11.0. The molecule has 0 radical (unpaired) electrons. The van der Waals surface area contributed by atoms with E-state index in [-0.39, 0.29) is 0 Å². The first-order valence-electron chi connectivity index (χ1n) is 7.73. The first-order valence-corrected chi connectivity index (χ1v) is 8.11. The van der Waals surface area contributed by atoms with Crippen molar-refractivity contribution in [2.45, 2.75) is 19.1 Å². The topological polar surface area (TPSA) is 47.3 Å². The van der Waals surface area contributed by atoms with Crippen molar-refractivity contribution in [3.05, 3.63) is 64.7 Å². The summed E-state index contributed by atoms with van der Waals surface area (Å²) in [7, 11) is 1.63. The molecule has 0 heterocycles. The van der Waals surface area contributed by atoms with Gasteiger partial charge in [0.25, 0.3) is 0 Å². The predicted octanol–water partition coefficient (Wildman–Crippen LogP) is 4.49. The van der Waals surface area contributed by atoms with Gasteiger partial charge in [-0.1, -0.05) is 29.8 Å². The van der Waals surface area contributed by atoms with Crippen LogP contribution in [0.3, 0.4) is 0 Å². The fraction of sp³-hybridized carbons (Fsp3) is 0.333. The SMILES string of the molecule is COc1ccc(Cl)cc1.NCCCNCc1cccc(C(F)(F)F)c1. The van der Waals surface area contributed by atoms with Gasteiger partial charge in [0.05, 0.1) is 12.7 Å². The normalized spacial score (nSPS) is 10.8. The minimum Gasteiger partial charge on any atom is -0.497 e. The third-order valence-corrected chi connectivity index (χ3v) is 3.44. The van der Waals surface area contributed by atoms with Crippen molar-refractivity contribution in [1.29, 1.82) is 0 Å². The van der Waals surface area contributed by atoms with Gasteiger partial charge >= 0.3 is 6.18 Å². The van der Waals surface area contributed by atoms with Crippen LogP contribution >= 0.6 is 11.6 Å². The first kappa shape index (κ1) is 21.3. The Balaban J connectivity index is 0.000000293. The van der Waals surface area contributed by atoms with Gasteiger partial charge < -0.3 is 15.8 Å². The smallest absolute Gasteiger partial charge is 0.416 e. The van der Waals surface area contributed by atoms with Gasteiger partial charge in [-0.25, -0.2) is 0 Å². The summed E-state index contributed by atoms with van der Waals surface area (Å²) in [5, 5.41) is 3.77. The number of hydrogen-bond donors (Lipinski definition) is 2. The van der Waals surface area contributed by atoms with Gasteiger partial charge in [0.2, 0.25) is 0 Å². The summed E-state index contributed by atoms with van der Waals surface area (Å²) >= 11 is 5.61. The Morgan fingerprint density at radius 3 is 2.36 bits per heavy atom. The van der Waals surface area contributed by atoms with Gasteiger partial charge in [0.15, 0.2) is 0 Å². The zero-order valence-electron chi connectivity index (χ0n) is 13.9. The Morgan fingerprint density at radius 2 is 1.80 bits per heavy atom. The van der Waals surface area contributed by atoms with E-state index in [0.29, 0.717) is 25.2 Å². The number of benzene rings is 2. The molecule has 25 heavy (non-hydrogen) atoms. The maximum absolute atomic E-state index is 12.4. The number of rotatable bonds is 6. The average Bonchev–Trinajstić information content (AvgIpc) is 2.60. The minimum absolute atomic E-state index is 0.434. The largest absolute Gasteiger partial charge is 0.497 e. The Hall–Kier alpha value is -1.76. The molecule has 0 aliphatic heterocycles. The predicted molar refractivity (Wildman–Crippen MR) is 94.8 cm³/mol. The van der Waals surface area contributed by atoms with Crippen molar-refractivity contribution in [2.75, 3.05) is 20.2 Å². The molecular weight excluding hydrogens is 353 g/mol. The van der Waals surface area contributed by atoms with Crippen LogP contribution in [0.4, 0.5) is 13.2 Å². The van der Waals surface area contributed by atoms with Gasteiger partial charge in [0.1, 0.15) is 5.75 Å². The van der Waals surface area contributed by atoms with Crippen LogP contribution in [0.15, 0.2) is 48.5 Å². The van der Waals surface area contributed by atoms with E-state index < -0.39 is 11.7 Å². The summed E-state index contributed by atoms with van der Waals surface area (Å²) in [6.07, 6.45) is -3.45. The molecule has 0 aliphatic carbocycles. The number of hydrogen-bond acceptors (Lipinski definition) is 3. The number of halogens is 4. The van der Waals surface area contributed by atoms with Crippen LogP contribution in [0.25, 0.3) is 0 Å². The van der Waals surface area contributed by atoms with Crippen molar-refractivity contribution >= 4 is 11.6 Å². The van der Waals surface area contributed by atoms with Gasteiger partial charge in [-0.15, -0.1) is 0 Å². The highest BCUT2D eigenvalue weighted by Gasteiger charge is 2.30. The highest BCUT2D eigenvalue weighted by Crippen LogP contribution is 2.29. The molecule has 7 heteroatoms. The molecule has 2 aromatic rings. The number of methoxy groups -OCH3 is 1. The van der Waals surface area contributed by atoms with E-state index in [0.717, 1.165) is 29.3 Å². The van der Waals surface area contributed by atoms with E-state index in [1.54, 1.807) is 25.3 Å². The molecule has 0 spiro atoms. The van der Waals surface area contributed by atoms with Crippen molar-refractivity contribution in [3.63, 3.8) is 0 Å². The Bertz CT molecular complexity index is 618. The van der Waals surface area contributed by atoms with E-state index in [4.69, 9.17) is 22.1 Å². The molecule has 3 N–H and O–H groups in total. The lowest BCUT2D eigenvalue weighted by Gasteiger charge is -2.09. The van der Waals surface area contributed by atoms with E-state index >= 15 is 0 Å². The number of ether oxygens (including phenoxy) is 1. The van der Waals surface area contributed by atoms with Crippen molar-refractivity contribution in [1.82, 2.24) is 5.32 Å². The Labute approximate surface area is 150 Å². The van der Waals surface area contributed by atoms with Gasteiger partial charge in [0, 0.05) is 11.6 Å². The third-order valence-electron chi connectivity index (χ3n) is 3.19. The van der Waals surface area contributed by atoms with Gasteiger partial charge in [-0.05, 0) is 55.4 Å². The van der Waals surface area contributed by atoms with Crippen molar-refractivity contribution < 1.29 is 17.9 Å². The lowest BCUT2D eigenvalue weighted by Crippen LogP contribution is -2.18. The van der Waals surface area contributed by atoms with Crippen LogP contribution in [-0.4, -0.2) is 20.2 Å². The van der Waals surface area contributed by atoms with Crippen LogP contribution in [0.1, 0.15) is 17.5 Å². The second-order valence-corrected chi connectivity index (χ2v) is 5.61. The molecular formula is C18H22ClF3N2O. The lowest BCUT2D eigenvalue weighted by atomic mass is 10.1. The highest BCUT2D eigenvalue weighted by atomic mass is 35.5. The van der Waals surface area contributed by atoms with E-state index in [1.165, 1.54) is 6.07 Å². The van der Waals surface area contributed by atoms with Gasteiger partial charge in [-0.2, -0.15) is 13.2 Å². The van der Waals surface area contributed by atoms with E-state index in [9.17, 15) is 13.2 Å². The monoisotopic (exact) mass is 374 g/mol. The van der Waals surface area contributed by atoms with Gasteiger partial charge in [-0.3, -0.25) is 0 Å². The maximum Gasteiger partial charge on any atom is 0.416 e. The molecule has 0 unspecified atom stereocenters. The maximum atomic E-state index is 12.4. The zero-order chi connectivity index (χ0) is 18.7. The fourth-order valence-electron chi connectivity index (χ4n) is 1.89. The summed E-state index contributed by atoms with van der Waals surface area (Å²) in [4.78, 5) is 0. The summed E-state index contributed by atoms with van der Waals surface area (Å²) in [5.74, 6) is 0.833.